The van der Waals surface area contributed by atoms with Crippen molar-refractivity contribution in [3.8, 4) is 11.5 Å². The van der Waals surface area contributed by atoms with Crippen molar-refractivity contribution in [2.24, 2.45) is 5.10 Å². The monoisotopic (exact) mass is 424 g/mol. The number of ether oxygens (including phenoxy) is 2. The van der Waals surface area contributed by atoms with E-state index in [1.54, 1.807) is 13.1 Å². The van der Waals surface area contributed by atoms with E-state index in [1.165, 1.54) is 0 Å². The van der Waals surface area contributed by atoms with Gasteiger partial charge in [-0.3, -0.25) is 4.79 Å². The van der Waals surface area contributed by atoms with Crippen molar-refractivity contribution in [2.45, 2.75) is 19.6 Å². The highest BCUT2D eigenvalue weighted by atomic mass is 16.5. The van der Waals surface area contributed by atoms with Crippen LogP contribution in [0.2, 0.25) is 0 Å². The van der Waals surface area contributed by atoms with Gasteiger partial charge in [-0.25, -0.2) is 5.43 Å². The molecule has 0 heterocycles. The molecule has 0 aliphatic carbocycles. The number of amides is 1. The molecule has 5 heteroatoms. The van der Waals surface area contributed by atoms with Gasteiger partial charge in [0.05, 0.1) is 6.21 Å². The van der Waals surface area contributed by atoms with Crippen molar-refractivity contribution in [2.75, 3.05) is 0 Å². The number of benzene rings is 4. The highest BCUT2D eigenvalue weighted by Gasteiger charge is 2.14. The first-order chi connectivity index (χ1) is 15.7. The van der Waals surface area contributed by atoms with Crippen molar-refractivity contribution in [3.63, 3.8) is 0 Å². The molecule has 0 aromatic heterocycles. The molecule has 0 bridgehead atoms. The van der Waals surface area contributed by atoms with Crippen LogP contribution in [0.25, 0.3) is 10.8 Å². The molecule has 32 heavy (non-hydrogen) atoms. The first-order valence-corrected chi connectivity index (χ1v) is 10.4. The first-order valence-electron chi connectivity index (χ1n) is 10.4. The smallest absolute Gasteiger partial charge is 0.280 e. The second kappa shape index (κ2) is 10.3. The molecule has 1 atom stereocenters. The van der Waals surface area contributed by atoms with Crippen molar-refractivity contribution in [1.29, 1.82) is 0 Å². The average Bonchev–Trinajstić information content (AvgIpc) is 2.83. The summed E-state index contributed by atoms with van der Waals surface area (Å²) >= 11 is 0. The number of hydrogen-bond acceptors (Lipinski definition) is 4. The molecule has 0 aliphatic rings. The van der Waals surface area contributed by atoms with Crippen LogP contribution in [0, 0.1) is 0 Å². The number of carbonyl (C=O) groups excluding carboxylic acids is 1. The van der Waals surface area contributed by atoms with Gasteiger partial charge in [0.15, 0.2) is 6.10 Å². The predicted octanol–water partition coefficient (Wildman–Crippen LogP) is 5.34. The van der Waals surface area contributed by atoms with E-state index in [2.05, 4.69) is 10.5 Å². The summed E-state index contributed by atoms with van der Waals surface area (Å²) < 4.78 is 11.6. The number of rotatable bonds is 8. The number of hydrazone groups is 1. The van der Waals surface area contributed by atoms with Gasteiger partial charge in [0.1, 0.15) is 18.1 Å². The maximum atomic E-state index is 12.4. The second-order valence-electron chi connectivity index (χ2n) is 7.35. The van der Waals surface area contributed by atoms with E-state index in [0.29, 0.717) is 12.4 Å². The summed E-state index contributed by atoms with van der Waals surface area (Å²) in [6.45, 7) is 2.18. The first kappa shape index (κ1) is 21.1. The Morgan fingerprint density at radius 1 is 0.875 bits per heavy atom. The van der Waals surface area contributed by atoms with Crippen LogP contribution >= 0.6 is 0 Å². The lowest BCUT2D eigenvalue weighted by atomic mass is 10.1. The Labute approximate surface area is 187 Å². The Hall–Kier alpha value is -4.12. The maximum absolute atomic E-state index is 12.4. The summed E-state index contributed by atoms with van der Waals surface area (Å²) in [5.41, 5.74) is 4.45. The molecule has 4 aromatic rings. The maximum Gasteiger partial charge on any atom is 0.280 e. The van der Waals surface area contributed by atoms with Crippen LogP contribution in [0.15, 0.2) is 102 Å². The largest absolute Gasteiger partial charge is 0.489 e. The Kier molecular flexibility index (Phi) is 6.78. The van der Waals surface area contributed by atoms with Crippen molar-refractivity contribution in [1.82, 2.24) is 5.43 Å². The molecule has 1 amide bonds. The van der Waals surface area contributed by atoms with Crippen LogP contribution < -0.4 is 14.9 Å². The van der Waals surface area contributed by atoms with Crippen LogP contribution in [-0.2, 0) is 11.4 Å². The van der Waals surface area contributed by atoms with Gasteiger partial charge in [0, 0.05) is 0 Å². The molecule has 5 nitrogen and oxygen atoms in total. The summed E-state index contributed by atoms with van der Waals surface area (Å²) in [4.78, 5) is 12.4. The van der Waals surface area contributed by atoms with Crippen molar-refractivity contribution in [3.05, 3.63) is 108 Å². The van der Waals surface area contributed by atoms with Gasteiger partial charge in [0.2, 0.25) is 0 Å². The molecular formula is C27H24N2O3. The number of nitrogens with zero attached hydrogens (tertiary/aromatic N) is 1. The highest BCUT2D eigenvalue weighted by molar-refractivity contribution is 5.85. The number of nitrogens with one attached hydrogen (secondary N) is 1. The topological polar surface area (TPSA) is 59.9 Å². The lowest BCUT2D eigenvalue weighted by Gasteiger charge is -2.13. The van der Waals surface area contributed by atoms with Crippen molar-refractivity contribution >= 4 is 22.9 Å². The Bertz CT molecular complexity index is 1220. The normalized spacial score (nSPS) is 11.9. The van der Waals surface area contributed by atoms with Gasteiger partial charge >= 0.3 is 0 Å². The van der Waals surface area contributed by atoms with E-state index < -0.39 is 6.10 Å². The molecule has 4 rings (SSSR count). The fraction of sp³-hybridized carbons (Fsp3) is 0.111. The molecule has 0 saturated heterocycles. The van der Waals surface area contributed by atoms with Gasteiger partial charge < -0.3 is 9.47 Å². The van der Waals surface area contributed by atoms with Gasteiger partial charge in [-0.1, -0.05) is 72.8 Å². The van der Waals surface area contributed by atoms with Crippen LogP contribution in [0.4, 0.5) is 0 Å². The van der Waals surface area contributed by atoms with Crippen LogP contribution in [-0.4, -0.2) is 18.2 Å². The SMILES string of the molecule is CC(Oc1ccc2ccccc2c1)C(=O)NN=Cc1cccc(OCc2ccccc2)c1. The zero-order chi connectivity index (χ0) is 22.2. The number of carbonyl (C=O) groups is 1. The standard InChI is InChI=1S/C27H24N2O3/c1-20(32-26-15-14-23-11-5-6-12-24(23)17-26)27(30)29-28-18-22-10-7-13-25(16-22)31-19-21-8-3-2-4-9-21/h2-18,20H,19H2,1H3,(H,29,30). The predicted molar refractivity (Wildman–Crippen MR) is 127 cm³/mol. The summed E-state index contributed by atoms with van der Waals surface area (Å²) in [6.07, 6.45) is 0.893. The fourth-order valence-corrected chi connectivity index (χ4v) is 3.19. The van der Waals surface area contributed by atoms with Crippen LogP contribution in [0.3, 0.4) is 0 Å². The van der Waals surface area contributed by atoms with Crippen LogP contribution in [0.1, 0.15) is 18.1 Å². The van der Waals surface area contributed by atoms with E-state index in [0.717, 1.165) is 27.6 Å². The third-order valence-corrected chi connectivity index (χ3v) is 4.90. The lowest BCUT2D eigenvalue weighted by Crippen LogP contribution is -2.33. The summed E-state index contributed by atoms with van der Waals surface area (Å²) in [5, 5.41) is 6.24. The van der Waals surface area contributed by atoms with Gasteiger partial charge in [-0.15, -0.1) is 0 Å². The highest BCUT2D eigenvalue weighted by Crippen LogP contribution is 2.21. The summed E-state index contributed by atoms with van der Waals surface area (Å²) in [7, 11) is 0. The molecule has 0 radical (unpaired) electrons. The van der Waals surface area contributed by atoms with E-state index in [-0.39, 0.29) is 5.91 Å². The Balaban J connectivity index is 1.30. The summed E-state index contributed by atoms with van der Waals surface area (Å²) in [5.74, 6) is 1.04. The van der Waals surface area contributed by atoms with E-state index in [1.807, 2.05) is 97.1 Å². The zero-order valence-corrected chi connectivity index (χ0v) is 17.8. The third-order valence-electron chi connectivity index (χ3n) is 4.90. The minimum Gasteiger partial charge on any atom is -0.489 e. The quantitative estimate of drug-likeness (QED) is 0.307. The zero-order valence-electron chi connectivity index (χ0n) is 17.8. The Morgan fingerprint density at radius 2 is 1.66 bits per heavy atom. The molecule has 4 aromatic carbocycles. The lowest BCUT2D eigenvalue weighted by molar-refractivity contribution is -0.127. The van der Waals surface area contributed by atoms with E-state index in [9.17, 15) is 4.79 Å². The molecule has 1 unspecified atom stereocenters. The molecule has 0 aliphatic heterocycles. The van der Waals surface area contributed by atoms with Gasteiger partial charge in [-0.05, 0) is 53.1 Å². The van der Waals surface area contributed by atoms with E-state index in [4.69, 9.17) is 9.47 Å². The molecule has 0 saturated carbocycles. The Morgan fingerprint density at radius 3 is 2.50 bits per heavy atom. The molecule has 1 N–H and O–H groups in total. The minimum atomic E-state index is -0.686. The molecular weight excluding hydrogens is 400 g/mol. The van der Waals surface area contributed by atoms with Crippen molar-refractivity contribution < 1.29 is 14.3 Å². The van der Waals surface area contributed by atoms with Gasteiger partial charge in [-0.2, -0.15) is 5.10 Å². The number of fused-ring (bicyclic) bond motifs is 1. The number of hydrogen-bond donors (Lipinski definition) is 1. The van der Waals surface area contributed by atoms with E-state index >= 15 is 0 Å². The summed E-state index contributed by atoms with van der Waals surface area (Å²) in [6, 6.07) is 31.2. The third kappa shape index (κ3) is 5.73. The van der Waals surface area contributed by atoms with Crippen LogP contribution in [0.5, 0.6) is 11.5 Å². The molecule has 0 spiro atoms. The second-order valence-corrected chi connectivity index (χ2v) is 7.35. The minimum absolute atomic E-state index is 0.328. The average molecular weight is 425 g/mol. The molecule has 160 valence electrons. The molecule has 0 fully saturated rings. The van der Waals surface area contributed by atoms with Gasteiger partial charge in [0.25, 0.3) is 5.91 Å². The fourth-order valence-electron chi connectivity index (χ4n) is 3.19.